The third kappa shape index (κ3) is 5.68. The molecule has 0 aliphatic carbocycles. The first kappa shape index (κ1) is 26.9. The number of benzene rings is 3. The predicted octanol–water partition coefficient (Wildman–Crippen LogP) is 4.84. The third-order valence-electron chi connectivity index (χ3n) is 6.39. The molecule has 4 aromatic rings. The van der Waals surface area contributed by atoms with Gasteiger partial charge in [-0.2, -0.15) is 9.57 Å². The smallest absolute Gasteiger partial charge is 0.272 e. The molecule has 1 fully saturated rings. The molecule has 2 heterocycles. The first-order chi connectivity index (χ1) is 19.2. The van der Waals surface area contributed by atoms with Crippen molar-refractivity contribution in [1.82, 2.24) is 14.2 Å². The van der Waals surface area contributed by atoms with Crippen LogP contribution in [0.3, 0.4) is 0 Å². The van der Waals surface area contributed by atoms with Crippen molar-refractivity contribution >= 4 is 15.9 Å². The van der Waals surface area contributed by atoms with E-state index < -0.39 is 15.8 Å². The second-order valence-corrected chi connectivity index (χ2v) is 10.9. The molecule has 1 aliphatic rings. The standard InChI is InChI=1S/C29H22F2N4O4S/c30-22-6-10-24(11-7-22)39-23-8-4-20(5-9-23)27-2-1-3-28(33-27)29(36)34-14-16-35(17-15-34)40(37,38)25-12-13-26(31)21(18-25)19-32/h1-13,18H,14-17H2. The molecular formula is C29H22F2N4O4S. The Kier molecular flexibility index (Phi) is 7.55. The molecule has 0 unspecified atom stereocenters. The van der Waals surface area contributed by atoms with Crippen molar-refractivity contribution in [2.24, 2.45) is 0 Å². The highest BCUT2D eigenvalue weighted by Crippen LogP contribution is 2.26. The molecule has 5 rings (SSSR count). The number of piperazine rings is 1. The number of hydrogen-bond donors (Lipinski definition) is 0. The molecular weight excluding hydrogens is 538 g/mol. The Hall–Kier alpha value is -4.66. The van der Waals surface area contributed by atoms with Crippen LogP contribution in [0.2, 0.25) is 0 Å². The van der Waals surface area contributed by atoms with Crippen molar-refractivity contribution in [3.05, 3.63) is 108 Å². The SMILES string of the molecule is N#Cc1cc(S(=O)(=O)N2CCN(C(=O)c3cccc(-c4ccc(Oc5ccc(F)cc5)cc4)n3)CC2)ccc1F. The van der Waals surface area contributed by atoms with Crippen LogP contribution in [0.15, 0.2) is 89.8 Å². The molecule has 0 bridgehead atoms. The maximum Gasteiger partial charge on any atom is 0.272 e. The van der Waals surface area contributed by atoms with E-state index in [4.69, 9.17) is 10.00 Å². The molecule has 1 aromatic heterocycles. The summed E-state index contributed by atoms with van der Waals surface area (Å²) in [5.41, 5.74) is 1.20. The Labute approximate surface area is 229 Å². The quantitative estimate of drug-likeness (QED) is 0.335. The molecule has 0 saturated carbocycles. The summed E-state index contributed by atoms with van der Waals surface area (Å²) < 4.78 is 59.7. The Morgan fingerprint density at radius 3 is 2.17 bits per heavy atom. The van der Waals surface area contributed by atoms with Gasteiger partial charge in [0.1, 0.15) is 34.9 Å². The van der Waals surface area contributed by atoms with E-state index in [1.54, 1.807) is 48.5 Å². The number of nitriles is 1. The third-order valence-corrected chi connectivity index (χ3v) is 8.28. The molecule has 0 radical (unpaired) electrons. The number of ether oxygens (including phenoxy) is 1. The van der Waals surface area contributed by atoms with Crippen LogP contribution >= 0.6 is 0 Å². The number of aromatic nitrogens is 1. The number of rotatable bonds is 6. The van der Waals surface area contributed by atoms with Gasteiger partial charge in [0.15, 0.2) is 0 Å². The lowest BCUT2D eigenvalue weighted by atomic mass is 10.1. The zero-order valence-corrected chi connectivity index (χ0v) is 21.8. The Balaban J connectivity index is 1.24. The summed E-state index contributed by atoms with van der Waals surface area (Å²) in [7, 11) is -3.96. The van der Waals surface area contributed by atoms with Gasteiger partial charge in [0.25, 0.3) is 5.91 Å². The number of nitrogens with zero attached hydrogens (tertiary/aromatic N) is 4. The Morgan fingerprint density at radius 1 is 0.875 bits per heavy atom. The Morgan fingerprint density at radius 2 is 1.52 bits per heavy atom. The lowest BCUT2D eigenvalue weighted by Crippen LogP contribution is -2.50. The zero-order valence-electron chi connectivity index (χ0n) is 21.0. The molecule has 40 heavy (non-hydrogen) atoms. The number of pyridine rings is 1. The van der Waals surface area contributed by atoms with Gasteiger partial charge in [-0.25, -0.2) is 22.2 Å². The largest absolute Gasteiger partial charge is 0.457 e. The number of hydrogen-bond acceptors (Lipinski definition) is 6. The molecule has 1 saturated heterocycles. The molecule has 1 amide bonds. The molecule has 0 spiro atoms. The van der Waals surface area contributed by atoms with E-state index >= 15 is 0 Å². The predicted molar refractivity (Wildman–Crippen MR) is 142 cm³/mol. The number of carbonyl (C=O) groups excluding carboxylic acids is 1. The van der Waals surface area contributed by atoms with Gasteiger partial charge in [0.05, 0.1) is 16.2 Å². The number of sulfonamides is 1. The van der Waals surface area contributed by atoms with Gasteiger partial charge in [0.2, 0.25) is 10.0 Å². The van der Waals surface area contributed by atoms with Crippen molar-refractivity contribution in [3.8, 4) is 28.8 Å². The maximum absolute atomic E-state index is 13.7. The second kappa shape index (κ2) is 11.2. The van der Waals surface area contributed by atoms with Crippen molar-refractivity contribution in [3.63, 3.8) is 0 Å². The van der Waals surface area contributed by atoms with E-state index in [1.807, 2.05) is 0 Å². The topological polar surface area (TPSA) is 104 Å². The van der Waals surface area contributed by atoms with E-state index in [0.29, 0.717) is 17.2 Å². The molecule has 0 N–H and O–H groups in total. The van der Waals surface area contributed by atoms with Gasteiger partial charge in [-0.15, -0.1) is 0 Å². The minimum atomic E-state index is -3.96. The number of halogens is 2. The van der Waals surface area contributed by atoms with E-state index in [9.17, 15) is 22.0 Å². The number of amides is 1. The minimum absolute atomic E-state index is 0.0442. The van der Waals surface area contributed by atoms with Crippen LogP contribution in [0.5, 0.6) is 11.5 Å². The van der Waals surface area contributed by atoms with Crippen molar-refractivity contribution in [2.45, 2.75) is 4.90 Å². The van der Waals surface area contributed by atoms with Crippen molar-refractivity contribution < 1.29 is 26.7 Å². The first-order valence-electron chi connectivity index (χ1n) is 12.2. The van der Waals surface area contributed by atoms with Gasteiger partial charge < -0.3 is 9.64 Å². The summed E-state index contributed by atoms with van der Waals surface area (Å²) in [6.07, 6.45) is 0. The zero-order chi connectivity index (χ0) is 28.3. The summed E-state index contributed by atoms with van der Waals surface area (Å²) in [4.78, 5) is 19.1. The summed E-state index contributed by atoms with van der Waals surface area (Å²) in [6.45, 7) is 0.377. The molecule has 0 atom stereocenters. The Bertz CT molecular complexity index is 1700. The average molecular weight is 561 g/mol. The maximum atomic E-state index is 13.7. The van der Waals surface area contributed by atoms with Crippen LogP contribution in [-0.4, -0.2) is 54.7 Å². The summed E-state index contributed by atoms with van der Waals surface area (Å²) in [5.74, 6) is -0.419. The minimum Gasteiger partial charge on any atom is -0.457 e. The summed E-state index contributed by atoms with van der Waals surface area (Å²) >= 11 is 0. The molecule has 11 heteroatoms. The highest BCUT2D eigenvalue weighted by atomic mass is 32.2. The average Bonchev–Trinajstić information content (AvgIpc) is 2.98. The highest BCUT2D eigenvalue weighted by Gasteiger charge is 2.31. The molecule has 202 valence electrons. The van der Waals surface area contributed by atoms with Crippen LogP contribution < -0.4 is 4.74 Å². The van der Waals surface area contributed by atoms with Crippen molar-refractivity contribution in [2.75, 3.05) is 26.2 Å². The summed E-state index contributed by atoms with van der Waals surface area (Å²) in [6, 6.07) is 22.6. The normalized spacial score (nSPS) is 14.0. The lowest BCUT2D eigenvalue weighted by molar-refractivity contribution is 0.0692. The fourth-order valence-corrected chi connectivity index (χ4v) is 5.69. The van der Waals surface area contributed by atoms with Crippen LogP contribution in [0.4, 0.5) is 8.78 Å². The van der Waals surface area contributed by atoms with Gasteiger partial charge >= 0.3 is 0 Å². The molecule has 8 nitrogen and oxygen atoms in total. The van der Waals surface area contributed by atoms with E-state index in [0.717, 1.165) is 23.8 Å². The van der Waals surface area contributed by atoms with Crippen LogP contribution in [0, 0.1) is 23.0 Å². The molecule has 3 aromatic carbocycles. The fraction of sp³-hybridized carbons (Fsp3) is 0.138. The number of carbonyl (C=O) groups is 1. The van der Waals surface area contributed by atoms with Crippen LogP contribution in [0.1, 0.15) is 16.1 Å². The lowest BCUT2D eigenvalue weighted by Gasteiger charge is -2.33. The van der Waals surface area contributed by atoms with Crippen molar-refractivity contribution in [1.29, 1.82) is 5.26 Å². The first-order valence-corrected chi connectivity index (χ1v) is 13.7. The highest BCUT2D eigenvalue weighted by molar-refractivity contribution is 7.89. The van der Waals surface area contributed by atoms with Gasteiger partial charge in [-0.1, -0.05) is 6.07 Å². The van der Waals surface area contributed by atoms with Gasteiger partial charge in [-0.3, -0.25) is 4.79 Å². The summed E-state index contributed by atoms with van der Waals surface area (Å²) in [5, 5.41) is 9.02. The monoisotopic (exact) mass is 560 g/mol. The molecule has 1 aliphatic heterocycles. The van der Waals surface area contributed by atoms with Gasteiger partial charge in [-0.05, 0) is 78.9 Å². The van der Waals surface area contributed by atoms with E-state index in [1.165, 1.54) is 33.5 Å². The van der Waals surface area contributed by atoms with Gasteiger partial charge in [0, 0.05) is 31.7 Å². The van der Waals surface area contributed by atoms with E-state index in [-0.39, 0.29) is 54.1 Å². The van der Waals surface area contributed by atoms with Crippen LogP contribution in [0.25, 0.3) is 11.3 Å². The van der Waals surface area contributed by atoms with Crippen LogP contribution in [-0.2, 0) is 10.0 Å². The van der Waals surface area contributed by atoms with E-state index in [2.05, 4.69) is 4.98 Å². The second-order valence-electron chi connectivity index (χ2n) is 8.94. The fourth-order valence-electron chi connectivity index (χ4n) is 4.24.